The number of hydrogen-bond acceptors (Lipinski definition) is 3. The summed E-state index contributed by atoms with van der Waals surface area (Å²) in [5.74, 6) is -1.80. The van der Waals surface area contributed by atoms with E-state index >= 15 is 0 Å². The minimum absolute atomic E-state index is 0.0332. The number of ether oxygens (including phenoxy) is 1. The van der Waals surface area contributed by atoms with Crippen molar-refractivity contribution in [2.75, 3.05) is 6.61 Å². The van der Waals surface area contributed by atoms with Gasteiger partial charge in [0.05, 0.1) is 17.2 Å². The van der Waals surface area contributed by atoms with E-state index in [0.717, 1.165) is 0 Å². The van der Waals surface area contributed by atoms with Crippen LogP contribution in [0.4, 0.5) is 0 Å². The third-order valence-electron chi connectivity index (χ3n) is 4.01. The topological polar surface area (TPSA) is 79.4 Å². The van der Waals surface area contributed by atoms with Crippen molar-refractivity contribution in [1.82, 2.24) is 4.98 Å². The monoisotopic (exact) mass is 437 g/mol. The summed E-state index contributed by atoms with van der Waals surface area (Å²) >= 11 is 18.3. The van der Waals surface area contributed by atoms with E-state index in [1.165, 1.54) is 12.1 Å². The molecule has 0 saturated heterocycles. The van der Waals surface area contributed by atoms with Crippen LogP contribution < -0.4 is 0 Å². The molecule has 3 aromatic rings. The average molecular weight is 439 g/mol. The molecule has 8 heteroatoms. The van der Waals surface area contributed by atoms with Gasteiger partial charge in [-0.3, -0.25) is 0 Å². The number of hydrogen-bond donors (Lipinski definition) is 2. The van der Waals surface area contributed by atoms with Gasteiger partial charge in [0.15, 0.2) is 0 Å². The molecule has 0 bridgehead atoms. The van der Waals surface area contributed by atoms with E-state index in [1.807, 2.05) is 0 Å². The van der Waals surface area contributed by atoms with Crippen molar-refractivity contribution in [3.05, 3.63) is 68.3 Å². The number of aromatic nitrogens is 1. The molecule has 0 atom stereocenters. The van der Waals surface area contributed by atoms with Crippen molar-refractivity contribution in [1.29, 1.82) is 0 Å². The number of fused-ring (bicyclic) bond motifs is 1. The maximum atomic E-state index is 12.4. The van der Waals surface area contributed by atoms with Gasteiger partial charge in [-0.1, -0.05) is 46.9 Å². The molecule has 0 amide bonds. The van der Waals surface area contributed by atoms with Crippen LogP contribution in [0.25, 0.3) is 22.6 Å². The SMILES string of the molecule is CCOC(=O)c1[nH]c2cc(Cl)cc(Cl)c2c1/C=C(\C(=O)O)c1ccc(Cl)cc1. The number of benzene rings is 2. The number of nitrogens with one attached hydrogen (secondary N) is 1. The van der Waals surface area contributed by atoms with Crippen molar-refractivity contribution in [3.8, 4) is 0 Å². The molecule has 0 saturated carbocycles. The summed E-state index contributed by atoms with van der Waals surface area (Å²) in [5.41, 5.74) is 1.28. The summed E-state index contributed by atoms with van der Waals surface area (Å²) in [7, 11) is 0. The van der Waals surface area contributed by atoms with Gasteiger partial charge in [0.25, 0.3) is 0 Å². The molecule has 5 nitrogen and oxygen atoms in total. The Labute approximate surface area is 175 Å². The van der Waals surface area contributed by atoms with Gasteiger partial charge >= 0.3 is 11.9 Å². The van der Waals surface area contributed by atoms with Gasteiger partial charge in [0, 0.05) is 26.5 Å². The highest BCUT2D eigenvalue weighted by molar-refractivity contribution is 6.39. The molecule has 2 aromatic carbocycles. The number of aliphatic carboxylic acids is 1. The zero-order valence-corrected chi connectivity index (χ0v) is 16.8. The summed E-state index contributed by atoms with van der Waals surface area (Å²) in [6.45, 7) is 1.84. The molecule has 0 fully saturated rings. The molecule has 3 rings (SSSR count). The summed E-state index contributed by atoms with van der Waals surface area (Å²) < 4.78 is 5.09. The predicted molar refractivity (Wildman–Crippen MR) is 111 cm³/mol. The number of rotatable bonds is 5. The van der Waals surface area contributed by atoms with Gasteiger partial charge in [-0.05, 0) is 42.8 Å². The number of halogens is 3. The van der Waals surface area contributed by atoms with E-state index in [2.05, 4.69) is 4.98 Å². The molecule has 144 valence electrons. The van der Waals surface area contributed by atoms with E-state index < -0.39 is 11.9 Å². The lowest BCUT2D eigenvalue weighted by Gasteiger charge is -2.06. The Kier molecular flexibility index (Phi) is 5.98. The van der Waals surface area contributed by atoms with Crippen LogP contribution in [-0.2, 0) is 9.53 Å². The van der Waals surface area contributed by atoms with Crippen molar-refractivity contribution < 1.29 is 19.4 Å². The van der Waals surface area contributed by atoms with Crippen molar-refractivity contribution in [3.63, 3.8) is 0 Å². The summed E-state index contributed by atoms with van der Waals surface area (Å²) in [6.07, 6.45) is 1.39. The molecular weight excluding hydrogens is 425 g/mol. The molecule has 1 heterocycles. The molecular formula is C20H14Cl3NO4. The second-order valence-corrected chi connectivity index (χ2v) is 7.09. The maximum Gasteiger partial charge on any atom is 0.355 e. The highest BCUT2D eigenvalue weighted by atomic mass is 35.5. The second-order valence-electron chi connectivity index (χ2n) is 5.81. The number of carbonyl (C=O) groups is 2. The van der Waals surface area contributed by atoms with Crippen LogP contribution in [0, 0.1) is 0 Å². The Morgan fingerprint density at radius 2 is 1.79 bits per heavy atom. The molecule has 2 N–H and O–H groups in total. The van der Waals surface area contributed by atoms with Crippen LogP contribution in [0.3, 0.4) is 0 Å². The lowest BCUT2D eigenvalue weighted by molar-refractivity contribution is -0.130. The molecule has 0 radical (unpaired) electrons. The number of carboxylic acid groups (broad SMARTS) is 1. The first kappa shape index (κ1) is 20.3. The van der Waals surface area contributed by atoms with Gasteiger partial charge in [-0.2, -0.15) is 0 Å². The minimum Gasteiger partial charge on any atom is -0.478 e. The van der Waals surface area contributed by atoms with Gasteiger partial charge in [-0.25, -0.2) is 9.59 Å². The van der Waals surface area contributed by atoms with Crippen LogP contribution >= 0.6 is 34.8 Å². The van der Waals surface area contributed by atoms with Crippen molar-refractivity contribution in [2.24, 2.45) is 0 Å². The van der Waals surface area contributed by atoms with Crippen LogP contribution in [0.2, 0.25) is 15.1 Å². The average Bonchev–Trinajstić information content (AvgIpc) is 2.99. The minimum atomic E-state index is -1.17. The first-order valence-electron chi connectivity index (χ1n) is 8.20. The fourth-order valence-corrected chi connectivity index (χ4v) is 3.55. The van der Waals surface area contributed by atoms with E-state index in [9.17, 15) is 14.7 Å². The molecule has 28 heavy (non-hydrogen) atoms. The smallest absolute Gasteiger partial charge is 0.355 e. The number of aromatic amines is 1. The number of carbonyl (C=O) groups excluding carboxylic acids is 1. The zero-order valence-electron chi connectivity index (χ0n) is 14.6. The predicted octanol–water partition coefficient (Wildman–Crippen LogP) is 5.93. The van der Waals surface area contributed by atoms with Crippen LogP contribution in [0.15, 0.2) is 36.4 Å². The first-order chi connectivity index (χ1) is 13.3. The largest absolute Gasteiger partial charge is 0.478 e. The molecule has 0 spiro atoms. The van der Waals surface area contributed by atoms with Crippen molar-refractivity contribution in [2.45, 2.75) is 6.92 Å². The second kappa shape index (κ2) is 8.27. The Balaban J connectivity index is 2.30. The summed E-state index contributed by atoms with van der Waals surface area (Å²) in [4.78, 5) is 27.3. The van der Waals surface area contributed by atoms with Gasteiger partial charge in [0.1, 0.15) is 5.69 Å². The number of H-pyrrole nitrogens is 1. The fourth-order valence-electron chi connectivity index (χ4n) is 2.82. The summed E-state index contributed by atoms with van der Waals surface area (Å²) in [5, 5.41) is 11.3. The van der Waals surface area contributed by atoms with E-state index in [1.54, 1.807) is 37.3 Å². The van der Waals surface area contributed by atoms with Gasteiger partial charge in [-0.15, -0.1) is 0 Å². The normalized spacial score (nSPS) is 11.6. The number of carboxylic acids is 1. The molecule has 1 aromatic heterocycles. The molecule has 0 aliphatic heterocycles. The standard InChI is InChI=1S/C20H14Cl3NO4/c1-2-28-20(27)18-14(17-15(23)7-12(22)8-16(17)24-18)9-13(19(25)26)10-3-5-11(21)6-4-10/h3-9,24H,2H2,1H3,(H,25,26)/b13-9-. The lowest BCUT2D eigenvalue weighted by atomic mass is 10.0. The van der Waals surface area contributed by atoms with E-state index in [4.69, 9.17) is 39.5 Å². The number of esters is 1. The Morgan fingerprint density at radius 1 is 1.11 bits per heavy atom. The fraction of sp³-hybridized carbons (Fsp3) is 0.100. The van der Waals surface area contributed by atoms with Crippen molar-refractivity contribution >= 4 is 69.3 Å². The maximum absolute atomic E-state index is 12.4. The third kappa shape index (κ3) is 4.02. The Bertz CT molecular complexity index is 1100. The molecule has 0 unspecified atom stereocenters. The summed E-state index contributed by atoms with van der Waals surface area (Å²) in [6, 6.07) is 9.46. The van der Waals surface area contributed by atoms with Crippen LogP contribution in [0.1, 0.15) is 28.5 Å². The highest BCUT2D eigenvalue weighted by Crippen LogP contribution is 2.35. The molecule has 0 aliphatic carbocycles. The Hall–Kier alpha value is -2.47. The zero-order chi connectivity index (χ0) is 20.4. The molecule has 0 aliphatic rings. The van der Waals surface area contributed by atoms with E-state index in [-0.39, 0.29) is 22.9 Å². The Morgan fingerprint density at radius 3 is 2.39 bits per heavy atom. The van der Waals surface area contributed by atoms with E-state index in [0.29, 0.717) is 32.1 Å². The van der Waals surface area contributed by atoms with Crippen LogP contribution in [0.5, 0.6) is 0 Å². The third-order valence-corrected chi connectivity index (χ3v) is 4.78. The lowest BCUT2D eigenvalue weighted by Crippen LogP contribution is -2.07. The van der Waals surface area contributed by atoms with Gasteiger partial charge < -0.3 is 14.8 Å². The quantitative estimate of drug-likeness (QED) is 0.382. The first-order valence-corrected chi connectivity index (χ1v) is 9.34. The highest BCUT2D eigenvalue weighted by Gasteiger charge is 2.22. The van der Waals surface area contributed by atoms with Crippen LogP contribution in [-0.4, -0.2) is 28.6 Å². The van der Waals surface area contributed by atoms with Gasteiger partial charge in [0.2, 0.25) is 0 Å².